The maximum absolute atomic E-state index is 13.1. The first-order valence-corrected chi connectivity index (χ1v) is 8.10. The van der Waals surface area contributed by atoms with Crippen LogP contribution in [-0.2, 0) is 9.59 Å². The van der Waals surface area contributed by atoms with Gasteiger partial charge in [-0.2, -0.15) is 0 Å². The van der Waals surface area contributed by atoms with Gasteiger partial charge >= 0.3 is 0 Å². The van der Waals surface area contributed by atoms with Gasteiger partial charge in [-0.25, -0.2) is 4.39 Å². The number of aryl methyl sites for hydroxylation is 1. The summed E-state index contributed by atoms with van der Waals surface area (Å²) in [6.07, 6.45) is 0. The Morgan fingerprint density at radius 3 is 2.36 bits per heavy atom. The van der Waals surface area contributed by atoms with Crippen molar-refractivity contribution >= 4 is 23.2 Å². The summed E-state index contributed by atoms with van der Waals surface area (Å²) >= 11 is 0. The zero-order valence-corrected chi connectivity index (χ0v) is 14.6. The fourth-order valence-electron chi connectivity index (χ4n) is 2.37. The highest BCUT2D eigenvalue weighted by atomic mass is 19.1. The van der Waals surface area contributed by atoms with Gasteiger partial charge in [0.15, 0.2) is 12.6 Å². The van der Waals surface area contributed by atoms with Crippen LogP contribution in [0.3, 0.4) is 0 Å². The smallest absolute Gasteiger partial charge is 0.282 e. The quantitative estimate of drug-likeness (QED) is 0.746. The minimum absolute atomic E-state index is 0.0961. The summed E-state index contributed by atoms with van der Waals surface area (Å²) in [4.78, 5) is 25.1. The van der Waals surface area contributed by atoms with Gasteiger partial charge in [0.2, 0.25) is 0 Å². The van der Waals surface area contributed by atoms with E-state index in [-0.39, 0.29) is 18.4 Å². The number of hydrogen-bond donors (Lipinski definition) is 3. The predicted molar refractivity (Wildman–Crippen MR) is 96.1 cm³/mol. The van der Waals surface area contributed by atoms with E-state index in [9.17, 15) is 14.0 Å². The maximum atomic E-state index is 13.1. The average molecular weight is 344 g/mol. The highest BCUT2D eigenvalue weighted by Gasteiger charge is 2.24. The van der Waals surface area contributed by atoms with E-state index in [0.717, 1.165) is 16.2 Å². The predicted octanol–water partition coefficient (Wildman–Crippen LogP) is 1.61. The molecule has 2 aromatic carbocycles. The van der Waals surface area contributed by atoms with Gasteiger partial charge in [0.25, 0.3) is 11.8 Å². The van der Waals surface area contributed by atoms with Crippen LogP contribution in [0, 0.1) is 12.7 Å². The molecule has 2 amide bonds. The van der Waals surface area contributed by atoms with Crippen molar-refractivity contribution in [3.05, 3.63) is 59.9 Å². The summed E-state index contributed by atoms with van der Waals surface area (Å²) in [5.41, 5.74) is 2.18. The summed E-state index contributed by atoms with van der Waals surface area (Å²) in [5, 5.41) is 5.49. The van der Waals surface area contributed by atoms with E-state index < -0.39 is 11.9 Å². The van der Waals surface area contributed by atoms with Crippen LogP contribution < -0.4 is 15.5 Å². The Labute approximate surface area is 146 Å². The molecule has 0 saturated heterocycles. The van der Waals surface area contributed by atoms with Gasteiger partial charge in [0, 0.05) is 11.4 Å². The van der Waals surface area contributed by atoms with Crippen LogP contribution in [0.4, 0.5) is 15.8 Å². The molecule has 0 saturated carbocycles. The van der Waals surface area contributed by atoms with Crippen LogP contribution in [0.2, 0.25) is 0 Å². The lowest BCUT2D eigenvalue weighted by molar-refractivity contribution is -0.885. The van der Waals surface area contributed by atoms with Gasteiger partial charge in [-0.1, -0.05) is 18.2 Å². The Hall–Kier alpha value is -2.73. The molecule has 0 aromatic heterocycles. The van der Waals surface area contributed by atoms with Crippen LogP contribution in [0.15, 0.2) is 48.5 Å². The summed E-state index contributed by atoms with van der Waals surface area (Å²) in [5.74, 6) is -0.857. The SMILES string of the molecule is Cc1cccc(NC(=O)[C@H](C)[NH+](C)CC(=O)Nc2cccc(F)c2)c1. The molecular formula is C19H23FN3O2+. The number of anilines is 2. The molecule has 0 fully saturated rings. The zero-order valence-electron chi connectivity index (χ0n) is 14.6. The third kappa shape index (κ3) is 5.69. The number of amides is 2. The van der Waals surface area contributed by atoms with E-state index in [2.05, 4.69) is 10.6 Å². The Morgan fingerprint density at radius 1 is 1.08 bits per heavy atom. The van der Waals surface area contributed by atoms with Crippen LogP contribution in [0.5, 0.6) is 0 Å². The molecule has 132 valence electrons. The largest absolute Gasteiger partial charge is 0.321 e. The van der Waals surface area contributed by atoms with Crippen molar-refractivity contribution in [1.82, 2.24) is 0 Å². The zero-order chi connectivity index (χ0) is 18.4. The van der Waals surface area contributed by atoms with E-state index in [1.54, 1.807) is 20.0 Å². The van der Waals surface area contributed by atoms with Crippen molar-refractivity contribution in [2.45, 2.75) is 19.9 Å². The van der Waals surface area contributed by atoms with Crippen molar-refractivity contribution in [3.8, 4) is 0 Å². The molecule has 0 spiro atoms. The lowest BCUT2D eigenvalue weighted by Crippen LogP contribution is -3.14. The van der Waals surface area contributed by atoms with E-state index in [0.29, 0.717) is 5.69 Å². The Balaban J connectivity index is 1.89. The Morgan fingerprint density at radius 2 is 1.72 bits per heavy atom. The van der Waals surface area contributed by atoms with E-state index >= 15 is 0 Å². The summed E-state index contributed by atoms with van der Waals surface area (Å²) < 4.78 is 13.1. The van der Waals surface area contributed by atoms with Crippen LogP contribution in [0.1, 0.15) is 12.5 Å². The van der Waals surface area contributed by atoms with Crippen LogP contribution in [0.25, 0.3) is 0 Å². The second kappa shape index (κ2) is 8.39. The number of likely N-dealkylation sites (N-methyl/N-ethyl adjacent to an activating group) is 1. The lowest BCUT2D eigenvalue weighted by Gasteiger charge is -2.20. The first-order valence-electron chi connectivity index (χ1n) is 8.10. The molecule has 0 radical (unpaired) electrons. The van der Waals surface area contributed by atoms with Crippen molar-refractivity contribution < 1.29 is 18.9 Å². The molecule has 0 aliphatic heterocycles. The number of hydrogen-bond acceptors (Lipinski definition) is 2. The van der Waals surface area contributed by atoms with Gasteiger partial charge < -0.3 is 15.5 Å². The maximum Gasteiger partial charge on any atom is 0.282 e. The van der Waals surface area contributed by atoms with E-state index in [1.807, 2.05) is 31.2 Å². The van der Waals surface area contributed by atoms with Gasteiger partial charge in [-0.3, -0.25) is 9.59 Å². The first-order chi connectivity index (χ1) is 11.8. The molecular weight excluding hydrogens is 321 g/mol. The number of carbonyl (C=O) groups is 2. The second-order valence-corrected chi connectivity index (χ2v) is 6.16. The molecule has 6 heteroatoms. The number of quaternary nitrogens is 1. The molecule has 1 unspecified atom stereocenters. The van der Waals surface area contributed by atoms with E-state index in [4.69, 9.17) is 0 Å². The summed E-state index contributed by atoms with van der Waals surface area (Å²) in [7, 11) is 1.77. The highest BCUT2D eigenvalue weighted by molar-refractivity contribution is 5.94. The first kappa shape index (κ1) is 18.6. The highest BCUT2D eigenvalue weighted by Crippen LogP contribution is 2.10. The normalized spacial score (nSPS) is 13.0. The number of nitrogens with one attached hydrogen (secondary N) is 3. The molecule has 2 aromatic rings. The van der Waals surface area contributed by atoms with E-state index in [1.165, 1.54) is 18.2 Å². The standard InChI is InChI=1S/C19H22FN3O2/c1-13-6-4-8-16(10-13)22-19(25)14(2)23(3)12-18(24)21-17-9-5-7-15(20)11-17/h4-11,14H,12H2,1-3H3,(H,21,24)(H,22,25)/p+1/t14-/m0/s1. The molecule has 0 aliphatic rings. The summed E-state index contributed by atoms with van der Waals surface area (Å²) in [6.45, 7) is 3.81. The van der Waals surface area contributed by atoms with Crippen molar-refractivity contribution in [1.29, 1.82) is 0 Å². The monoisotopic (exact) mass is 344 g/mol. The van der Waals surface area contributed by atoms with Crippen molar-refractivity contribution in [3.63, 3.8) is 0 Å². The van der Waals surface area contributed by atoms with Gasteiger partial charge in [-0.05, 0) is 49.7 Å². The van der Waals surface area contributed by atoms with Gasteiger partial charge in [0.1, 0.15) is 5.82 Å². The fourth-order valence-corrected chi connectivity index (χ4v) is 2.37. The lowest BCUT2D eigenvalue weighted by atomic mass is 10.2. The van der Waals surface area contributed by atoms with Crippen LogP contribution in [-0.4, -0.2) is 31.4 Å². The third-order valence-electron chi connectivity index (χ3n) is 3.97. The number of carbonyl (C=O) groups excluding carboxylic acids is 2. The minimum Gasteiger partial charge on any atom is -0.321 e. The topological polar surface area (TPSA) is 62.6 Å². The Bertz CT molecular complexity index is 764. The molecule has 0 bridgehead atoms. The van der Waals surface area contributed by atoms with Crippen LogP contribution >= 0.6 is 0 Å². The summed E-state index contributed by atoms with van der Waals surface area (Å²) in [6, 6.07) is 12.8. The molecule has 3 N–H and O–H groups in total. The number of rotatable bonds is 6. The third-order valence-corrected chi connectivity index (χ3v) is 3.97. The second-order valence-electron chi connectivity index (χ2n) is 6.16. The number of halogens is 1. The Kier molecular flexibility index (Phi) is 6.25. The molecule has 0 aliphatic carbocycles. The molecule has 5 nitrogen and oxygen atoms in total. The van der Waals surface area contributed by atoms with Crippen molar-refractivity contribution in [2.75, 3.05) is 24.2 Å². The van der Waals surface area contributed by atoms with Crippen molar-refractivity contribution in [2.24, 2.45) is 0 Å². The van der Waals surface area contributed by atoms with Gasteiger partial charge in [0.05, 0.1) is 7.05 Å². The van der Waals surface area contributed by atoms with Gasteiger partial charge in [-0.15, -0.1) is 0 Å². The molecule has 2 rings (SSSR count). The fraction of sp³-hybridized carbons (Fsp3) is 0.263. The molecule has 2 atom stereocenters. The molecule has 0 heterocycles. The molecule has 25 heavy (non-hydrogen) atoms. The minimum atomic E-state index is -0.418. The average Bonchev–Trinajstić information content (AvgIpc) is 2.53. The number of benzene rings is 2.